The van der Waals surface area contributed by atoms with Crippen LogP contribution >= 0.6 is 15.9 Å². The van der Waals surface area contributed by atoms with E-state index in [0.29, 0.717) is 23.7 Å². The van der Waals surface area contributed by atoms with E-state index in [1.165, 1.54) is 24.3 Å². The van der Waals surface area contributed by atoms with Gasteiger partial charge in [0.25, 0.3) is 0 Å². The maximum absolute atomic E-state index is 13.5. The largest absolute Gasteiger partial charge is 0.407 e. The Morgan fingerprint density at radius 1 is 1.36 bits per heavy atom. The smallest absolute Gasteiger partial charge is 0.336 e. The van der Waals surface area contributed by atoms with Gasteiger partial charge < -0.3 is 5.32 Å². The number of nitriles is 1. The van der Waals surface area contributed by atoms with E-state index < -0.39 is 29.7 Å². The van der Waals surface area contributed by atoms with Gasteiger partial charge in [-0.25, -0.2) is 0 Å². The van der Waals surface area contributed by atoms with Crippen molar-refractivity contribution in [3.63, 3.8) is 0 Å². The third kappa shape index (κ3) is 5.19. The molecule has 2 unspecified atom stereocenters. The zero-order chi connectivity index (χ0) is 18.7. The molecule has 0 aliphatic heterocycles. The molecule has 1 aromatic rings. The molecule has 8 heteroatoms. The highest BCUT2D eigenvalue weighted by atomic mass is 79.9. The molecule has 0 aromatic heterocycles. The van der Waals surface area contributed by atoms with Crippen LogP contribution in [0.15, 0.2) is 28.7 Å². The third-order valence-electron chi connectivity index (χ3n) is 4.12. The van der Waals surface area contributed by atoms with Gasteiger partial charge in [0.15, 0.2) is 0 Å². The van der Waals surface area contributed by atoms with Gasteiger partial charge in [-0.2, -0.15) is 18.4 Å². The van der Waals surface area contributed by atoms with E-state index in [1.807, 2.05) is 6.07 Å². The number of carbonyl (C=O) groups is 1. The first-order chi connectivity index (χ1) is 11.7. The Hall–Kier alpha value is -1.59. The van der Waals surface area contributed by atoms with E-state index in [0.717, 1.165) is 0 Å². The van der Waals surface area contributed by atoms with Crippen molar-refractivity contribution >= 4 is 21.8 Å². The first kappa shape index (κ1) is 19.7. The summed E-state index contributed by atoms with van der Waals surface area (Å²) in [7, 11) is 0. The van der Waals surface area contributed by atoms with Crippen LogP contribution in [0.1, 0.15) is 44.2 Å². The minimum atomic E-state index is -4.55. The average molecular weight is 418 g/mol. The van der Waals surface area contributed by atoms with Crippen LogP contribution in [0.3, 0.4) is 0 Å². The van der Waals surface area contributed by atoms with Crippen LogP contribution in [0.5, 0.6) is 0 Å². The fourth-order valence-corrected chi connectivity index (χ4v) is 2.79. The van der Waals surface area contributed by atoms with Crippen LogP contribution in [0.2, 0.25) is 0 Å². The number of halogens is 4. The molecule has 136 valence electrons. The summed E-state index contributed by atoms with van der Waals surface area (Å²) in [5.74, 6) is -0.563. The maximum atomic E-state index is 13.5. The van der Waals surface area contributed by atoms with Gasteiger partial charge in [-0.3, -0.25) is 10.1 Å². The van der Waals surface area contributed by atoms with E-state index in [2.05, 4.69) is 26.6 Å². The Bertz CT molecular complexity index is 651. The molecule has 1 aromatic carbocycles. The highest BCUT2D eigenvalue weighted by Crippen LogP contribution is 2.36. The summed E-state index contributed by atoms with van der Waals surface area (Å²) >= 11 is 3.20. The fourth-order valence-electron chi connectivity index (χ4n) is 2.53. The topological polar surface area (TPSA) is 64.9 Å². The van der Waals surface area contributed by atoms with Gasteiger partial charge in [-0.15, -0.1) is 0 Å². The van der Waals surface area contributed by atoms with Crippen molar-refractivity contribution in [3.8, 4) is 6.07 Å². The third-order valence-corrected chi connectivity index (χ3v) is 4.65. The molecule has 0 heterocycles. The number of nitrogens with one attached hydrogen (secondary N) is 2. The Balaban J connectivity index is 2.19. The second kappa shape index (κ2) is 7.75. The van der Waals surface area contributed by atoms with Gasteiger partial charge in [0, 0.05) is 4.47 Å². The summed E-state index contributed by atoms with van der Waals surface area (Å²) in [4.78, 5) is 12.4. The Morgan fingerprint density at radius 2 is 1.96 bits per heavy atom. The second-order valence-electron chi connectivity index (χ2n) is 6.22. The highest BCUT2D eigenvalue weighted by Gasteiger charge is 2.47. The first-order valence-electron chi connectivity index (χ1n) is 8.02. The molecule has 1 fully saturated rings. The lowest BCUT2D eigenvalue weighted by atomic mass is 10.0. The molecule has 25 heavy (non-hydrogen) atoms. The minimum absolute atomic E-state index is 0.0334. The molecule has 4 nitrogen and oxygen atoms in total. The predicted molar refractivity (Wildman–Crippen MR) is 90.5 cm³/mol. The monoisotopic (exact) mass is 417 g/mol. The Kier molecular flexibility index (Phi) is 6.12. The lowest BCUT2D eigenvalue weighted by Crippen LogP contribution is -2.51. The summed E-state index contributed by atoms with van der Waals surface area (Å²) in [5, 5.41) is 14.1. The molecule has 0 bridgehead atoms. The average Bonchev–Trinajstić information content (AvgIpc) is 3.31. The predicted octanol–water partition coefficient (Wildman–Crippen LogP) is 3.98. The van der Waals surface area contributed by atoms with E-state index in [1.54, 1.807) is 6.92 Å². The summed E-state index contributed by atoms with van der Waals surface area (Å²) < 4.78 is 41.3. The summed E-state index contributed by atoms with van der Waals surface area (Å²) in [5.41, 5.74) is -0.873. The van der Waals surface area contributed by atoms with Crippen LogP contribution in [-0.4, -0.2) is 23.7 Å². The molecule has 0 radical (unpaired) electrons. The Labute approximate surface area is 152 Å². The van der Waals surface area contributed by atoms with Crippen molar-refractivity contribution in [2.24, 2.45) is 0 Å². The number of rotatable bonds is 7. The number of carbonyl (C=O) groups excluding carboxylic acids is 1. The van der Waals surface area contributed by atoms with Gasteiger partial charge in [0.05, 0.1) is 12.1 Å². The van der Waals surface area contributed by atoms with E-state index in [4.69, 9.17) is 5.26 Å². The summed E-state index contributed by atoms with van der Waals surface area (Å²) in [6, 6.07) is 4.83. The molecule has 1 amide bonds. The van der Waals surface area contributed by atoms with Gasteiger partial charge in [0.2, 0.25) is 5.91 Å². The normalized spacial score (nSPS) is 18.1. The van der Waals surface area contributed by atoms with Crippen LogP contribution in [-0.2, 0) is 4.79 Å². The van der Waals surface area contributed by atoms with Crippen molar-refractivity contribution in [1.82, 2.24) is 10.6 Å². The van der Waals surface area contributed by atoms with E-state index >= 15 is 0 Å². The van der Waals surface area contributed by atoms with Gasteiger partial charge in [-0.05, 0) is 37.0 Å². The summed E-state index contributed by atoms with van der Waals surface area (Å²) in [6.07, 6.45) is -2.70. The maximum Gasteiger partial charge on any atom is 0.407 e. The minimum Gasteiger partial charge on any atom is -0.336 e. The standard InChI is InChI=1S/C17H19BrF3N3O/c1-2-3-13(15(25)24-16(10-22)8-9-16)23-14(17(19,20)21)11-4-6-12(18)7-5-11/h4-7,13-14,23H,2-3,8-9H2,1H3,(H,24,25). The van der Waals surface area contributed by atoms with Crippen molar-refractivity contribution in [2.45, 2.75) is 56.4 Å². The number of nitrogens with zero attached hydrogens (tertiary/aromatic N) is 1. The van der Waals surface area contributed by atoms with Gasteiger partial charge >= 0.3 is 6.18 Å². The lowest BCUT2D eigenvalue weighted by molar-refractivity contribution is -0.161. The molecular weight excluding hydrogens is 399 g/mol. The first-order valence-corrected chi connectivity index (χ1v) is 8.81. The molecule has 2 N–H and O–H groups in total. The summed E-state index contributed by atoms with van der Waals surface area (Å²) in [6.45, 7) is 1.79. The second-order valence-corrected chi connectivity index (χ2v) is 7.13. The zero-order valence-corrected chi connectivity index (χ0v) is 15.2. The van der Waals surface area contributed by atoms with Crippen LogP contribution in [0, 0.1) is 11.3 Å². The van der Waals surface area contributed by atoms with Gasteiger partial charge in [-0.1, -0.05) is 41.4 Å². The lowest BCUT2D eigenvalue weighted by Gasteiger charge is -2.28. The quantitative estimate of drug-likeness (QED) is 0.704. The van der Waals surface area contributed by atoms with Crippen LogP contribution in [0.4, 0.5) is 13.2 Å². The molecule has 2 rings (SSSR count). The zero-order valence-electron chi connectivity index (χ0n) is 13.7. The fraction of sp³-hybridized carbons (Fsp3) is 0.529. The molecule has 0 saturated heterocycles. The van der Waals surface area contributed by atoms with Crippen LogP contribution < -0.4 is 10.6 Å². The molecule has 2 atom stereocenters. The number of hydrogen-bond acceptors (Lipinski definition) is 3. The molecule has 1 aliphatic carbocycles. The number of alkyl halides is 3. The molecular formula is C17H19BrF3N3O. The highest BCUT2D eigenvalue weighted by molar-refractivity contribution is 9.10. The van der Waals surface area contributed by atoms with Crippen molar-refractivity contribution in [3.05, 3.63) is 34.3 Å². The number of benzene rings is 1. The SMILES string of the molecule is CCCC(NC(c1ccc(Br)cc1)C(F)(F)F)C(=O)NC1(C#N)CC1. The number of amides is 1. The van der Waals surface area contributed by atoms with E-state index in [9.17, 15) is 18.0 Å². The van der Waals surface area contributed by atoms with Crippen molar-refractivity contribution in [1.29, 1.82) is 5.26 Å². The molecule has 1 saturated carbocycles. The Morgan fingerprint density at radius 3 is 2.40 bits per heavy atom. The number of hydrogen-bond donors (Lipinski definition) is 2. The van der Waals surface area contributed by atoms with Crippen molar-refractivity contribution < 1.29 is 18.0 Å². The van der Waals surface area contributed by atoms with Gasteiger partial charge in [0.1, 0.15) is 11.6 Å². The van der Waals surface area contributed by atoms with Crippen molar-refractivity contribution in [2.75, 3.05) is 0 Å². The molecule has 0 spiro atoms. The molecule has 1 aliphatic rings. The van der Waals surface area contributed by atoms with Crippen LogP contribution in [0.25, 0.3) is 0 Å². The van der Waals surface area contributed by atoms with E-state index in [-0.39, 0.29) is 12.0 Å².